The summed E-state index contributed by atoms with van der Waals surface area (Å²) >= 11 is 0. The summed E-state index contributed by atoms with van der Waals surface area (Å²) in [5, 5.41) is 20.0. The van der Waals surface area contributed by atoms with Gasteiger partial charge in [-0.05, 0) is 25.8 Å². The van der Waals surface area contributed by atoms with E-state index in [1.807, 2.05) is 18.3 Å². The van der Waals surface area contributed by atoms with Gasteiger partial charge in [0, 0.05) is 24.7 Å². The van der Waals surface area contributed by atoms with E-state index < -0.39 is 6.10 Å². The molecule has 0 aliphatic carbocycles. The summed E-state index contributed by atoms with van der Waals surface area (Å²) in [4.78, 5) is 26.0. The molecule has 0 radical (unpaired) electrons. The van der Waals surface area contributed by atoms with Crippen LogP contribution in [-0.2, 0) is 4.79 Å². The van der Waals surface area contributed by atoms with Crippen LogP contribution in [-0.4, -0.2) is 48.5 Å². The second-order valence-corrected chi connectivity index (χ2v) is 6.72. The van der Waals surface area contributed by atoms with E-state index in [1.165, 1.54) is 0 Å². The Morgan fingerprint density at radius 1 is 1.58 bits per heavy atom. The number of aliphatic hydroxyl groups is 1. The summed E-state index contributed by atoms with van der Waals surface area (Å²) in [5.41, 5.74) is 2.42. The van der Waals surface area contributed by atoms with Crippen molar-refractivity contribution in [1.82, 2.24) is 24.4 Å². The number of nitrogens with one attached hydrogen (secondary N) is 1. The van der Waals surface area contributed by atoms with Crippen molar-refractivity contribution in [1.29, 1.82) is 5.26 Å². The van der Waals surface area contributed by atoms with Gasteiger partial charge in [0.25, 0.3) is 0 Å². The highest BCUT2D eigenvalue weighted by molar-refractivity contribution is 6.01. The van der Waals surface area contributed by atoms with Gasteiger partial charge in [0.05, 0.1) is 23.8 Å². The van der Waals surface area contributed by atoms with Gasteiger partial charge in [0.15, 0.2) is 0 Å². The number of aromatic nitrogens is 4. The van der Waals surface area contributed by atoms with E-state index in [-0.39, 0.29) is 18.4 Å². The quantitative estimate of drug-likeness (QED) is 0.749. The van der Waals surface area contributed by atoms with Gasteiger partial charge in [-0.3, -0.25) is 4.79 Å². The van der Waals surface area contributed by atoms with Gasteiger partial charge in [0.2, 0.25) is 5.91 Å². The molecule has 8 heteroatoms. The molecule has 3 aromatic heterocycles. The molecule has 4 rings (SSSR count). The SMILES string of the molecule is C[C@H](O)c1nc2cnc3[nH]ccc3c2n1C1CCCN(C(=O)CC#N)C1. The highest BCUT2D eigenvalue weighted by atomic mass is 16.3. The molecule has 0 spiro atoms. The summed E-state index contributed by atoms with van der Waals surface area (Å²) in [5.74, 6) is 0.434. The summed E-state index contributed by atoms with van der Waals surface area (Å²) in [7, 11) is 0. The largest absolute Gasteiger partial charge is 0.385 e. The average molecular weight is 352 g/mol. The Kier molecular flexibility index (Phi) is 4.09. The maximum absolute atomic E-state index is 12.2. The van der Waals surface area contributed by atoms with E-state index in [0.717, 1.165) is 34.9 Å². The molecule has 1 aliphatic heterocycles. The van der Waals surface area contributed by atoms with Crippen molar-refractivity contribution < 1.29 is 9.90 Å². The number of aliphatic hydroxyl groups excluding tert-OH is 1. The minimum Gasteiger partial charge on any atom is -0.385 e. The normalized spacial score (nSPS) is 19.0. The maximum atomic E-state index is 12.2. The number of imidazole rings is 1. The Morgan fingerprint density at radius 2 is 2.42 bits per heavy atom. The van der Waals surface area contributed by atoms with E-state index in [9.17, 15) is 9.90 Å². The molecule has 0 aromatic carbocycles. The monoisotopic (exact) mass is 352 g/mol. The standard InChI is InChI=1S/C18H20N6O2/c1-11(25)18-22-14-9-21-17-13(5-7-20-17)16(14)24(18)12-3-2-8-23(10-12)15(26)4-6-19/h5,7,9,11-12,25H,2-4,8,10H2,1H3,(H,20,21)/t11-,12?/m0/s1. The number of rotatable bonds is 3. The van der Waals surface area contributed by atoms with E-state index in [2.05, 4.69) is 19.5 Å². The van der Waals surface area contributed by atoms with Crippen molar-refractivity contribution in [2.45, 2.75) is 38.3 Å². The third kappa shape index (κ3) is 2.61. The van der Waals surface area contributed by atoms with Gasteiger partial charge < -0.3 is 19.6 Å². The van der Waals surface area contributed by atoms with E-state index in [4.69, 9.17) is 5.26 Å². The molecule has 1 fully saturated rings. The number of H-pyrrole nitrogens is 1. The van der Waals surface area contributed by atoms with Crippen LogP contribution in [0.4, 0.5) is 0 Å². The van der Waals surface area contributed by atoms with Crippen LogP contribution >= 0.6 is 0 Å². The Labute approximate surface area is 150 Å². The van der Waals surface area contributed by atoms with Crippen LogP contribution in [0.5, 0.6) is 0 Å². The zero-order chi connectivity index (χ0) is 18.3. The molecular formula is C18H20N6O2. The Balaban J connectivity index is 1.84. The number of aromatic amines is 1. The highest BCUT2D eigenvalue weighted by Gasteiger charge is 2.29. The van der Waals surface area contributed by atoms with Gasteiger partial charge in [-0.25, -0.2) is 9.97 Å². The van der Waals surface area contributed by atoms with Crippen molar-refractivity contribution in [3.05, 3.63) is 24.3 Å². The highest BCUT2D eigenvalue weighted by Crippen LogP contribution is 2.33. The number of fused-ring (bicyclic) bond motifs is 3. The zero-order valence-corrected chi connectivity index (χ0v) is 14.5. The lowest BCUT2D eigenvalue weighted by atomic mass is 10.0. The average Bonchev–Trinajstić information content (AvgIpc) is 3.25. The van der Waals surface area contributed by atoms with Crippen molar-refractivity contribution in [3.8, 4) is 6.07 Å². The van der Waals surface area contributed by atoms with Gasteiger partial charge >= 0.3 is 0 Å². The number of amides is 1. The summed E-state index contributed by atoms with van der Waals surface area (Å²) in [6.07, 6.45) is 4.43. The summed E-state index contributed by atoms with van der Waals surface area (Å²) < 4.78 is 2.06. The fraction of sp³-hybridized carbons (Fsp3) is 0.444. The van der Waals surface area contributed by atoms with Crippen LogP contribution in [0.15, 0.2) is 18.5 Å². The number of nitrogens with zero attached hydrogens (tertiary/aromatic N) is 5. The predicted octanol–water partition coefficient (Wildman–Crippen LogP) is 2.04. The first-order valence-electron chi connectivity index (χ1n) is 8.77. The molecule has 2 N–H and O–H groups in total. The number of carbonyl (C=O) groups is 1. The Morgan fingerprint density at radius 3 is 3.19 bits per heavy atom. The van der Waals surface area contributed by atoms with Gasteiger partial charge in [-0.1, -0.05) is 0 Å². The molecule has 1 saturated heterocycles. The van der Waals surface area contributed by atoms with Crippen molar-refractivity contribution in [2.24, 2.45) is 0 Å². The van der Waals surface area contributed by atoms with E-state index in [1.54, 1.807) is 18.0 Å². The van der Waals surface area contributed by atoms with Crippen LogP contribution in [0.2, 0.25) is 0 Å². The first kappa shape index (κ1) is 16.5. The van der Waals surface area contributed by atoms with Crippen molar-refractivity contribution in [2.75, 3.05) is 13.1 Å². The fourth-order valence-electron chi connectivity index (χ4n) is 3.85. The zero-order valence-electron chi connectivity index (χ0n) is 14.5. The lowest BCUT2D eigenvalue weighted by molar-refractivity contribution is -0.131. The first-order chi connectivity index (χ1) is 12.6. The molecule has 4 heterocycles. The van der Waals surface area contributed by atoms with Crippen molar-refractivity contribution in [3.63, 3.8) is 0 Å². The number of pyridine rings is 1. The number of likely N-dealkylation sites (tertiary alicyclic amines) is 1. The number of carbonyl (C=O) groups excluding carboxylic acids is 1. The van der Waals surface area contributed by atoms with Gasteiger partial charge in [0.1, 0.15) is 29.5 Å². The number of hydrogen-bond donors (Lipinski definition) is 2. The second kappa shape index (κ2) is 6.42. The molecule has 1 amide bonds. The van der Waals surface area contributed by atoms with Crippen LogP contribution in [0, 0.1) is 11.3 Å². The minimum absolute atomic E-state index is 0.00138. The van der Waals surface area contributed by atoms with E-state index >= 15 is 0 Å². The lowest BCUT2D eigenvalue weighted by Gasteiger charge is -2.34. The molecule has 1 unspecified atom stereocenters. The third-order valence-electron chi connectivity index (χ3n) is 4.98. The number of hydrogen-bond acceptors (Lipinski definition) is 5. The van der Waals surface area contributed by atoms with Crippen LogP contribution in [0.1, 0.15) is 44.2 Å². The van der Waals surface area contributed by atoms with Crippen molar-refractivity contribution >= 4 is 28.0 Å². The molecule has 3 aromatic rings. The molecule has 1 aliphatic rings. The Bertz CT molecular complexity index is 1010. The molecule has 8 nitrogen and oxygen atoms in total. The molecule has 0 bridgehead atoms. The smallest absolute Gasteiger partial charge is 0.236 e. The van der Waals surface area contributed by atoms with Gasteiger partial charge in [-0.2, -0.15) is 5.26 Å². The molecular weight excluding hydrogens is 332 g/mol. The lowest BCUT2D eigenvalue weighted by Crippen LogP contribution is -2.40. The summed E-state index contributed by atoms with van der Waals surface area (Å²) in [6, 6.07) is 3.89. The van der Waals surface area contributed by atoms with E-state index in [0.29, 0.717) is 18.9 Å². The minimum atomic E-state index is -0.735. The molecule has 2 atom stereocenters. The summed E-state index contributed by atoms with van der Waals surface area (Å²) in [6.45, 7) is 2.87. The van der Waals surface area contributed by atoms with Crippen LogP contribution in [0.25, 0.3) is 22.1 Å². The topological polar surface area (TPSA) is 111 Å². The molecule has 26 heavy (non-hydrogen) atoms. The van der Waals surface area contributed by atoms with Crippen LogP contribution < -0.4 is 0 Å². The fourth-order valence-corrected chi connectivity index (χ4v) is 3.85. The van der Waals surface area contributed by atoms with Gasteiger partial charge in [-0.15, -0.1) is 0 Å². The maximum Gasteiger partial charge on any atom is 0.236 e. The number of piperidine rings is 1. The predicted molar refractivity (Wildman–Crippen MR) is 95.1 cm³/mol. The Hall–Kier alpha value is -2.92. The first-order valence-corrected chi connectivity index (χ1v) is 8.77. The third-order valence-corrected chi connectivity index (χ3v) is 4.98. The number of nitriles is 1. The molecule has 0 saturated carbocycles. The van der Waals surface area contributed by atoms with Crippen LogP contribution in [0.3, 0.4) is 0 Å². The molecule has 134 valence electrons. The second-order valence-electron chi connectivity index (χ2n) is 6.72.